The van der Waals surface area contributed by atoms with E-state index in [4.69, 9.17) is 4.84 Å². The molecule has 0 fully saturated rings. The molecule has 1 amide bonds. The molecule has 0 spiro atoms. The molecule has 19 heavy (non-hydrogen) atoms. The van der Waals surface area contributed by atoms with Crippen molar-refractivity contribution >= 4 is 12.1 Å². The highest BCUT2D eigenvalue weighted by Gasteiger charge is 2.19. The average molecular weight is 264 g/mol. The first-order valence-electron chi connectivity index (χ1n) is 6.36. The van der Waals surface area contributed by atoms with E-state index in [2.05, 4.69) is 5.16 Å². The number of oxime groups is 1. The molecule has 0 aliphatic heterocycles. The summed E-state index contributed by atoms with van der Waals surface area (Å²) < 4.78 is 0. The number of likely N-dealkylation sites (N-methyl/N-ethyl adjacent to an activating group) is 1. The van der Waals surface area contributed by atoms with Gasteiger partial charge in [-0.25, -0.2) is 0 Å². The van der Waals surface area contributed by atoms with Gasteiger partial charge in [0.2, 0.25) is 6.10 Å². The fourth-order valence-corrected chi connectivity index (χ4v) is 1.61. The second-order valence-electron chi connectivity index (χ2n) is 4.05. The second kappa shape index (κ2) is 7.41. The van der Waals surface area contributed by atoms with Gasteiger partial charge in [-0.3, -0.25) is 4.79 Å². The van der Waals surface area contributed by atoms with Crippen LogP contribution in [0.25, 0.3) is 0 Å². The Labute approximate surface area is 113 Å². The maximum atomic E-state index is 11.9. The van der Waals surface area contributed by atoms with Crippen LogP contribution in [-0.2, 0) is 9.63 Å². The van der Waals surface area contributed by atoms with Gasteiger partial charge >= 0.3 is 0 Å². The third kappa shape index (κ3) is 4.28. The molecule has 1 atom stereocenters. The summed E-state index contributed by atoms with van der Waals surface area (Å²) in [5.74, 6) is 0.0250. The lowest BCUT2D eigenvalue weighted by Gasteiger charge is -2.21. The molecule has 0 heterocycles. The van der Waals surface area contributed by atoms with Crippen molar-refractivity contribution < 1.29 is 14.7 Å². The molecule has 5 nitrogen and oxygen atoms in total. The summed E-state index contributed by atoms with van der Waals surface area (Å²) >= 11 is 0. The normalized spacial score (nSPS) is 12.4. The molecule has 1 aromatic rings. The lowest BCUT2D eigenvalue weighted by atomic mass is 10.2. The molecule has 0 radical (unpaired) electrons. The lowest BCUT2D eigenvalue weighted by Crippen LogP contribution is -2.38. The van der Waals surface area contributed by atoms with Crippen LogP contribution in [0, 0.1) is 0 Å². The topological polar surface area (TPSA) is 62.1 Å². The molecule has 1 N–H and O–H groups in total. The molecule has 0 unspecified atom stereocenters. The van der Waals surface area contributed by atoms with E-state index in [0.29, 0.717) is 18.7 Å². The third-order valence-electron chi connectivity index (χ3n) is 2.77. The van der Waals surface area contributed by atoms with E-state index in [-0.39, 0.29) is 11.7 Å². The summed E-state index contributed by atoms with van der Waals surface area (Å²) in [7, 11) is 0. The number of amides is 1. The number of phenols is 1. The molecule has 1 rings (SSSR count). The number of hydrogen-bond donors (Lipinski definition) is 1. The maximum Gasteiger partial charge on any atom is 0.266 e. The van der Waals surface area contributed by atoms with Crippen LogP contribution >= 0.6 is 0 Å². The van der Waals surface area contributed by atoms with E-state index < -0.39 is 6.10 Å². The molecule has 5 heteroatoms. The van der Waals surface area contributed by atoms with Gasteiger partial charge in [-0.15, -0.1) is 0 Å². The van der Waals surface area contributed by atoms with Crippen LogP contribution < -0.4 is 0 Å². The first-order valence-corrected chi connectivity index (χ1v) is 6.36. The Morgan fingerprint density at radius 3 is 2.63 bits per heavy atom. The number of benzene rings is 1. The Bertz CT molecular complexity index is 442. The fourth-order valence-electron chi connectivity index (χ4n) is 1.61. The number of phenolic OH excluding ortho intramolecular Hbond substituents is 1. The highest BCUT2D eigenvalue weighted by Crippen LogP contribution is 2.12. The smallest absolute Gasteiger partial charge is 0.266 e. The Hall–Kier alpha value is -2.04. The van der Waals surface area contributed by atoms with Crippen LogP contribution in [0.4, 0.5) is 0 Å². The largest absolute Gasteiger partial charge is 0.507 e. The summed E-state index contributed by atoms with van der Waals surface area (Å²) in [5.41, 5.74) is 0.546. The molecular weight excluding hydrogens is 244 g/mol. The predicted molar refractivity (Wildman–Crippen MR) is 74.2 cm³/mol. The number of rotatable bonds is 6. The van der Waals surface area contributed by atoms with Crippen LogP contribution in [0.1, 0.15) is 26.3 Å². The minimum Gasteiger partial charge on any atom is -0.507 e. The van der Waals surface area contributed by atoms with Gasteiger partial charge in [0.25, 0.3) is 5.91 Å². The van der Waals surface area contributed by atoms with Gasteiger partial charge in [-0.2, -0.15) is 0 Å². The van der Waals surface area contributed by atoms with Crippen LogP contribution in [0.3, 0.4) is 0 Å². The molecule has 0 aliphatic rings. The molecular formula is C14H20N2O3. The number of carbonyl (C=O) groups excluding carboxylic acids is 1. The van der Waals surface area contributed by atoms with E-state index in [0.717, 1.165) is 0 Å². The third-order valence-corrected chi connectivity index (χ3v) is 2.77. The zero-order chi connectivity index (χ0) is 14.3. The van der Waals surface area contributed by atoms with E-state index in [9.17, 15) is 9.90 Å². The quantitative estimate of drug-likeness (QED) is 0.631. The van der Waals surface area contributed by atoms with Gasteiger partial charge in [0.1, 0.15) is 5.75 Å². The second-order valence-corrected chi connectivity index (χ2v) is 4.05. The monoisotopic (exact) mass is 264 g/mol. The van der Waals surface area contributed by atoms with Crippen molar-refractivity contribution in [2.24, 2.45) is 5.16 Å². The summed E-state index contributed by atoms with van der Waals surface area (Å²) in [4.78, 5) is 18.7. The molecule has 1 aromatic carbocycles. The minimum atomic E-state index is -0.637. The lowest BCUT2D eigenvalue weighted by molar-refractivity contribution is -0.142. The van der Waals surface area contributed by atoms with E-state index in [1.807, 2.05) is 13.8 Å². The minimum absolute atomic E-state index is 0.0977. The Morgan fingerprint density at radius 2 is 2.05 bits per heavy atom. The number of carbonyl (C=O) groups is 1. The molecule has 0 aromatic heterocycles. The van der Waals surface area contributed by atoms with Gasteiger partial charge in [0, 0.05) is 18.7 Å². The Balaban J connectivity index is 2.57. The highest BCUT2D eigenvalue weighted by atomic mass is 16.6. The summed E-state index contributed by atoms with van der Waals surface area (Å²) in [6, 6.07) is 6.77. The average Bonchev–Trinajstić information content (AvgIpc) is 2.42. The summed E-state index contributed by atoms with van der Waals surface area (Å²) in [6.07, 6.45) is 0.753. The number of nitrogens with zero attached hydrogens (tertiary/aromatic N) is 2. The van der Waals surface area contributed by atoms with Crippen molar-refractivity contribution in [2.45, 2.75) is 26.9 Å². The zero-order valence-electron chi connectivity index (χ0n) is 11.5. The van der Waals surface area contributed by atoms with Crippen molar-refractivity contribution in [3.63, 3.8) is 0 Å². The number of hydrogen-bond acceptors (Lipinski definition) is 4. The van der Waals surface area contributed by atoms with E-state index in [1.54, 1.807) is 36.1 Å². The summed E-state index contributed by atoms with van der Waals surface area (Å²) in [5, 5.41) is 13.3. The Kier molecular flexibility index (Phi) is 5.85. The van der Waals surface area contributed by atoms with Crippen LogP contribution in [0.2, 0.25) is 0 Å². The standard InChI is InChI=1S/C14H20N2O3/c1-4-16(5-2)14(18)11(3)19-15-10-12-8-6-7-9-13(12)17/h6-11,17H,4-5H2,1-3H3/b15-10+/t11-/m0/s1. The molecule has 0 aliphatic carbocycles. The fraction of sp³-hybridized carbons (Fsp3) is 0.429. The van der Waals surface area contributed by atoms with Gasteiger partial charge in [0.05, 0.1) is 6.21 Å². The van der Waals surface area contributed by atoms with Crippen molar-refractivity contribution in [1.29, 1.82) is 0 Å². The van der Waals surface area contributed by atoms with Crippen LogP contribution in [0.5, 0.6) is 5.75 Å². The van der Waals surface area contributed by atoms with E-state index in [1.165, 1.54) is 6.21 Å². The van der Waals surface area contributed by atoms with Crippen LogP contribution in [-0.4, -0.2) is 41.3 Å². The SMILES string of the molecule is CCN(CC)C(=O)[C@H](C)O/N=C/c1ccccc1O. The van der Waals surface area contributed by atoms with Gasteiger partial charge in [-0.05, 0) is 32.9 Å². The van der Waals surface area contributed by atoms with Gasteiger partial charge in [-0.1, -0.05) is 17.3 Å². The highest BCUT2D eigenvalue weighted by molar-refractivity contribution is 5.83. The zero-order valence-corrected chi connectivity index (χ0v) is 11.5. The summed E-state index contributed by atoms with van der Waals surface area (Å²) in [6.45, 7) is 6.78. The number of para-hydroxylation sites is 1. The molecule has 0 saturated carbocycles. The van der Waals surface area contributed by atoms with Crippen molar-refractivity contribution in [2.75, 3.05) is 13.1 Å². The molecule has 0 saturated heterocycles. The first kappa shape index (κ1) is 15.0. The Morgan fingerprint density at radius 1 is 1.42 bits per heavy atom. The maximum absolute atomic E-state index is 11.9. The van der Waals surface area contributed by atoms with E-state index >= 15 is 0 Å². The van der Waals surface area contributed by atoms with Gasteiger partial charge < -0.3 is 14.8 Å². The van der Waals surface area contributed by atoms with Crippen molar-refractivity contribution in [1.82, 2.24) is 4.90 Å². The van der Waals surface area contributed by atoms with Gasteiger partial charge in [0.15, 0.2) is 0 Å². The molecule has 0 bridgehead atoms. The van der Waals surface area contributed by atoms with Crippen molar-refractivity contribution in [3.05, 3.63) is 29.8 Å². The number of aromatic hydroxyl groups is 1. The predicted octanol–water partition coefficient (Wildman–Crippen LogP) is 2.00. The first-order chi connectivity index (χ1) is 9.10. The van der Waals surface area contributed by atoms with Crippen molar-refractivity contribution in [3.8, 4) is 5.75 Å². The van der Waals surface area contributed by atoms with Crippen LogP contribution in [0.15, 0.2) is 29.4 Å². The molecule has 104 valence electrons.